The van der Waals surface area contributed by atoms with Crippen molar-refractivity contribution in [2.75, 3.05) is 26.3 Å². The van der Waals surface area contributed by atoms with Crippen LogP contribution in [0.4, 0.5) is 13.2 Å². The number of morpholine rings is 1. The monoisotopic (exact) mass is 450 g/mol. The van der Waals surface area contributed by atoms with Crippen molar-refractivity contribution in [2.24, 2.45) is 0 Å². The lowest BCUT2D eigenvalue weighted by Crippen LogP contribution is -2.52. The highest BCUT2D eigenvalue weighted by atomic mass is 19.4. The zero-order chi connectivity index (χ0) is 22.9. The van der Waals surface area contributed by atoms with Gasteiger partial charge < -0.3 is 9.64 Å². The Bertz CT molecular complexity index is 1000. The van der Waals surface area contributed by atoms with Gasteiger partial charge in [0.15, 0.2) is 0 Å². The highest BCUT2D eigenvalue weighted by Gasteiger charge is 2.35. The van der Waals surface area contributed by atoms with E-state index in [-0.39, 0.29) is 25.7 Å². The van der Waals surface area contributed by atoms with Crippen LogP contribution in [0.25, 0.3) is 11.1 Å². The van der Waals surface area contributed by atoms with Gasteiger partial charge in [0.05, 0.1) is 23.5 Å². The molecule has 0 bridgehead atoms. The molecule has 3 heterocycles. The first-order valence-electron chi connectivity index (χ1n) is 10.2. The van der Waals surface area contributed by atoms with Crippen LogP contribution >= 0.6 is 0 Å². The summed E-state index contributed by atoms with van der Waals surface area (Å²) in [6.07, 6.45) is -0.693. The molecule has 2 aromatic rings. The largest absolute Gasteiger partial charge is 0.416 e. The molecule has 1 aromatic carbocycles. The molecule has 0 aliphatic carbocycles. The van der Waals surface area contributed by atoms with Crippen molar-refractivity contribution < 1.29 is 32.3 Å². The van der Waals surface area contributed by atoms with Gasteiger partial charge in [-0.25, -0.2) is 0 Å². The number of H-pyrrole nitrogens is 1. The van der Waals surface area contributed by atoms with Gasteiger partial charge >= 0.3 is 6.18 Å². The topological polar surface area (TPSA) is 95.6 Å². The van der Waals surface area contributed by atoms with E-state index in [9.17, 15) is 27.6 Å². The number of benzene rings is 1. The fourth-order valence-corrected chi connectivity index (χ4v) is 4.07. The highest BCUT2D eigenvalue weighted by Crippen LogP contribution is 2.37. The average molecular weight is 450 g/mol. The predicted molar refractivity (Wildman–Crippen MR) is 105 cm³/mol. The summed E-state index contributed by atoms with van der Waals surface area (Å²) in [5, 5.41) is 6.95. The highest BCUT2D eigenvalue weighted by molar-refractivity contribution is 6.01. The van der Waals surface area contributed by atoms with E-state index in [0.29, 0.717) is 29.8 Å². The second-order valence-corrected chi connectivity index (χ2v) is 7.74. The van der Waals surface area contributed by atoms with E-state index in [1.807, 2.05) is 0 Å². The van der Waals surface area contributed by atoms with Gasteiger partial charge in [0.2, 0.25) is 5.91 Å². The van der Waals surface area contributed by atoms with Crippen LogP contribution in [0.2, 0.25) is 0 Å². The third-order valence-electron chi connectivity index (χ3n) is 5.69. The Balaban J connectivity index is 1.57. The zero-order valence-electron chi connectivity index (χ0n) is 17.0. The number of imide groups is 1. The van der Waals surface area contributed by atoms with Crippen molar-refractivity contribution in [3.63, 3.8) is 0 Å². The molecular formula is C21H21F3N4O4. The number of hydrogen-bond acceptors (Lipinski definition) is 5. The minimum absolute atomic E-state index is 0.249. The number of aromatic nitrogens is 2. The van der Waals surface area contributed by atoms with Gasteiger partial charge in [-0.15, -0.1) is 0 Å². The van der Waals surface area contributed by atoms with Crippen molar-refractivity contribution in [3.05, 3.63) is 41.7 Å². The van der Waals surface area contributed by atoms with Crippen molar-refractivity contribution >= 4 is 17.7 Å². The van der Waals surface area contributed by atoms with Crippen LogP contribution in [-0.2, 0) is 25.3 Å². The lowest BCUT2D eigenvalue weighted by atomic mass is 9.94. The van der Waals surface area contributed by atoms with Crippen LogP contribution in [0.1, 0.15) is 36.6 Å². The fraction of sp³-hybridized carbons (Fsp3) is 0.429. The molecule has 11 heteroatoms. The molecule has 2 saturated heterocycles. The fourth-order valence-electron chi connectivity index (χ4n) is 4.07. The minimum atomic E-state index is -4.43. The molecule has 0 saturated carbocycles. The molecule has 1 aromatic heterocycles. The maximum atomic E-state index is 13.0. The number of ether oxygens (including phenoxy) is 1. The summed E-state index contributed by atoms with van der Waals surface area (Å²) < 4.78 is 43.6. The number of piperidine rings is 1. The third-order valence-corrected chi connectivity index (χ3v) is 5.69. The minimum Gasteiger partial charge on any atom is -0.362 e. The number of carbonyl (C=O) groups is 3. The Morgan fingerprint density at radius 2 is 1.81 bits per heavy atom. The van der Waals surface area contributed by atoms with Crippen LogP contribution in [-0.4, -0.2) is 64.0 Å². The maximum absolute atomic E-state index is 13.0. The van der Waals surface area contributed by atoms with Crippen molar-refractivity contribution in [1.82, 2.24) is 20.0 Å². The lowest BCUT2D eigenvalue weighted by molar-refractivity contribution is -0.162. The van der Waals surface area contributed by atoms with E-state index >= 15 is 0 Å². The van der Waals surface area contributed by atoms with Crippen LogP contribution in [0, 0.1) is 0 Å². The molecule has 2 aliphatic rings. The molecule has 1 N–H and O–H groups in total. The van der Waals surface area contributed by atoms with E-state index in [2.05, 4.69) is 10.2 Å². The normalized spacial score (nSPS) is 20.0. The molecule has 0 radical (unpaired) electrons. The molecule has 1 unspecified atom stereocenters. The molecule has 3 amide bonds. The van der Waals surface area contributed by atoms with Crippen molar-refractivity contribution in [3.8, 4) is 11.1 Å². The van der Waals surface area contributed by atoms with Gasteiger partial charge in [-0.1, -0.05) is 12.1 Å². The molecule has 170 valence electrons. The van der Waals surface area contributed by atoms with Gasteiger partial charge in [-0.05, 0) is 37.0 Å². The molecule has 8 nitrogen and oxygen atoms in total. The first-order valence-corrected chi connectivity index (χ1v) is 10.2. The lowest BCUT2D eigenvalue weighted by Gasteiger charge is -2.37. The molecule has 2 fully saturated rings. The summed E-state index contributed by atoms with van der Waals surface area (Å²) in [5.41, 5.74) is 0.998. The Labute approximate surface area is 181 Å². The number of rotatable bonds is 4. The number of amides is 3. The van der Waals surface area contributed by atoms with Gasteiger partial charge in [-0.3, -0.25) is 24.4 Å². The Morgan fingerprint density at radius 1 is 1.12 bits per heavy atom. The maximum Gasteiger partial charge on any atom is 0.416 e. The third kappa shape index (κ3) is 4.38. The quantitative estimate of drug-likeness (QED) is 0.723. The standard InChI is InChI=1S/C21H21F3N4O4/c22-21(23,24)14-6-4-13(5-7-14)15-9-25-26-20(15)16-3-1-2-8-27(16)17(29)10-28-18(30)11-32-12-19(28)31/h4-7,9,16H,1-3,8,10-12H2,(H,25,26). The van der Waals surface area contributed by atoms with Gasteiger partial charge in [0, 0.05) is 12.1 Å². The van der Waals surface area contributed by atoms with E-state index in [1.54, 1.807) is 4.90 Å². The van der Waals surface area contributed by atoms with Crippen LogP contribution in [0.3, 0.4) is 0 Å². The number of nitrogens with one attached hydrogen (secondary N) is 1. The average Bonchev–Trinajstić information content (AvgIpc) is 3.25. The van der Waals surface area contributed by atoms with Gasteiger partial charge in [-0.2, -0.15) is 18.3 Å². The molecule has 32 heavy (non-hydrogen) atoms. The predicted octanol–water partition coefficient (Wildman–Crippen LogP) is 2.53. The SMILES string of the molecule is O=C1COCC(=O)N1CC(=O)N1CCCCC1c1[nH]ncc1-c1ccc(C(F)(F)F)cc1. The second-order valence-electron chi connectivity index (χ2n) is 7.74. The zero-order valence-corrected chi connectivity index (χ0v) is 17.0. The summed E-state index contributed by atoms with van der Waals surface area (Å²) in [7, 11) is 0. The number of hydrogen-bond donors (Lipinski definition) is 1. The molecule has 2 aliphatic heterocycles. The smallest absolute Gasteiger partial charge is 0.362 e. The molecule has 4 rings (SSSR count). The summed E-state index contributed by atoms with van der Waals surface area (Å²) in [5.74, 6) is -1.50. The Hall–Kier alpha value is -3.21. The first kappa shape index (κ1) is 22.0. The van der Waals surface area contributed by atoms with E-state index < -0.39 is 29.6 Å². The van der Waals surface area contributed by atoms with Gasteiger partial charge in [0.25, 0.3) is 11.8 Å². The van der Waals surface area contributed by atoms with Crippen LogP contribution < -0.4 is 0 Å². The summed E-state index contributed by atoms with van der Waals surface area (Å²) in [4.78, 5) is 39.5. The summed E-state index contributed by atoms with van der Waals surface area (Å²) in [6.45, 7) is -0.439. The molecule has 0 spiro atoms. The number of alkyl halides is 3. The summed E-state index contributed by atoms with van der Waals surface area (Å²) in [6, 6.07) is 4.35. The number of likely N-dealkylation sites (tertiary alicyclic amines) is 1. The number of nitrogens with zero attached hydrogens (tertiary/aromatic N) is 3. The van der Waals surface area contributed by atoms with Crippen LogP contribution in [0.15, 0.2) is 30.5 Å². The van der Waals surface area contributed by atoms with E-state index in [1.165, 1.54) is 18.3 Å². The number of halogens is 3. The first-order chi connectivity index (χ1) is 15.3. The second kappa shape index (κ2) is 8.73. The van der Waals surface area contributed by atoms with Gasteiger partial charge in [0.1, 0.15) is 19.8 Å². The molecular weight excluding hydrogens is 429 g/mol. The number of carbonyl (C=O) groups excluding carboxylic acids is 3. The van der Waals surface area contributed by atoms with Crippen molar-refractivity contribution in [2.45, 2.75) is 31.5 Å². The summed E-state index contributed by atoms with van der Waals surface area (Å²) >= 11 is 0. The van der Waals surface area contributed by atoms with E-state index in [0.717, 1.165) is 29.9 Å². The number of aromatic amines is 1. The Morgan fingerprint density at radius 3 is 2.47 bits per heavy atom. The van der Waals surface area contributed by atoms with Crippen molar-refractivity contribution in [1.29, 1.82) is 0 Å². The van der Waals surface area contributed by atoms with Crippen LogP contribution in [0.5, 0.6) is 0 Å². The van der Waals surface area contributed by atoms with E-state index in [4.69, 9.17) is 4.74 Å². The molecule has 1 atom stereocenters. The Kier molecular flexibility index (Phi) is 6.00.